The first kappa shape index (κ1) is 31.9. The molecule has 1 heterocycles. The average molecular weight is 625 g/mol. The van der Waals surface area contributed by atoms with Crippen LogP contribution in [0.5, 0.6) is 0 Å². The Labute approximate surface area is 229 Å². The summed E-state index contributed by atoms with van der Waals surface area (Å²) in [6.45, 7) is 1.97. The summed E-state index contributed by atoms with van der Waals surface area (Å²) in [6.07, 6.45) is -7.25. The van der Waals surface area contributed by atoms with E-state index in [0.29, 0.717) is 0 Å². The molecule has 2 N–H and O–H groups in total. The lowest BCUT2D eigenvalue weighted by atomic mass is 9.96. The van der Waals surface area contributed by atoms with Crippen molar-refractivity contribution < 1.29 is 47.6 Å². The minimum atomic E-state index is -2.36. The van der Waals surface area contributed by atoms with Gasteiger partial charge in [-0.15, -0.1) is 0 Å². The largest absolute Gasteiger partial charge is 0.463 e. The topological polar surface area (TPSA) is 160 Å². The number of alkyl halides is 6. The third-order valence-electron chi connectivity index (χ3n) is 3.84. The van der Waals surface area contributed by atoms with Crippen molar-refractivity contribution in [1.82, 2.24) is 5.32 Å². The van der Waals surface area contributed by atoms with Crippen LogP contribution >= 0.6 is 69.6 Å². The van der Waals surface area contributed by atoms with E-state index >= 15 is 0 Å². The molecule has 0 radical (unpaired) electrons. The number of esters is 3. The highest BCUT2D eigenvalue weighted by Gasteiger charge is 2.53. The maximum atomic E-state index is 12.4. The van der Waals surface area contributed by atoms with E-state index in [0.717, 1.165) is 20.8 Å². The molecule has 0 bridgehead atoms. The molecule has 5 atom stereocenters. The van der Waals surface area contributed by atoms with E-state index in [1.54, 1.807) is 0 Å². The van der Waals surface area contributed by atoms with E-state index in [1.165, 1.54) is 0 Å². The van der Waals surface area contributed by atoms with Crippen molar-refractivity contribution in [2.45, 2.75) is 59.0 Å². The third-order valence-corrected chi connectivity index (χ3v) is 4.69. The summed E-state index contributed by atoms with van der Waals surface area (Å²) < 4.78 is 26.8. The first-order chi connectivity index (χ1) is 15.9. The second-order valence-electron chi connectivity index (χ2n) is 6.80. The fraction of sp³-hybridized carbons (Fsp3) is 0.706. The molecular formula is C17H20Cl6N2O10. The number of carbonyl (C=O) groups is 4. The van der Waals surface area contributed by atoms with Crippen LogP contribution in [0.25, 0.3) is 0 Å². The van der Waals surface area contributed by atoms with Gasteiger partial charge in [0.25, 0.3) is 3.79 Å². The van der Waals surface area contributed by atoms with Gasteiger partial charge in [-0.1, -0.05) is 69.6 Å². The van der Waals surface area contributed by atoms with E-state index in [9.17, 15) is 19.2 Å². The maximum Gasteiger partial charge on any atom is 0.407 e. The summed E-state index contributed by atoms with van der Waals surface area (Å²) in [6, 6.07) is -1.55. The highest BCUT2D eigenvalue weighted by Crippen LogP contribution is 2.33. The van der Waals surface area contributed by atoms with Crippen molar-refractivity contribution >= 4 is 99.5 Å². The highest BCUT2D eigenvalue weighted by atomic mass is 35.6. The number of ether oxygens (including phenoxy) is 6. The second-order valence-corrected chi connectivity index (χ2v) is 11.6. The molecule has 0 aromatic rings. The van der Waals surface area contributed by atoms with Gasteiger partial charge in [-0.05, 0) is 0 Å². The Morgan fingerprint density at radius 2 is 1.40 bits per heavy atom. The van der Waals surface area contributed by atoms with Crippen LogP contribution in [0.15, 0.2) is 0 Å². The molecule has 35 heavy (non-hydrogen) atoms. The van der Waals surface area contributed by atoms with Gasteiger partial charge in [0.15, 0.2) is 12.2 Å². The molecule has 1 saturated heterocycles. The van der Waals surface area contributed by atoms with Gasteiger partial charge in [0.1, 0.15) is 25.4 Å². The Kier molecular flexibility index (Phi) is 12.2. The van der Waals surface area contributed by atoms with Crippen LogP contribution < -0.4 is 5.32 Å². The Balaban J connectivity index is 3.41. The minimum Gasteiger partial charge on any atom is -0.463 e. The van der Waals surface area contributed by atoms with Crippen LogP contribution in [-0.2, 0) is 42.8 Å². The predicted molar refractivity (Wildman–Crippen MR) is 124 cm³/mol. The van der Waals surface area contributed by atoms with Gasteiger partial charge in [0.2, 0.25) is 16.0 Å². The number of hydrogen-bond donors (Lipinski definition) is 2. The summed E-state index contributed by atoms with van der Waals surface area (Å²) in [5, 5.41) is 10.1. The molecular weight excluding hydrogens is 605 g/mol. The molecule has 12 nitrogen and oxygen atoms in total. The van der Waals surface area contributed by atoms with Crippen LogP contribution in [0.1, 0.15) is 20.8 Å². The van der Waals surface area contributed by atoms with Crippen LogP contribution in [0.2, 0.25) is 0 Å². The van der Waals surface area contributed by atoms with Crippen molar-refractivity contribution in [2.75, 3.05) is 13.2 Å². The first-order valence-electron chi connectivity index (χ1n) is 9.36. The van der Waals surface area contributed by atoms with Crippen LogP contribution in [0, 0.1) is 5.41 Å². The summed E-state index contributed by atoms with van der Waals surface area (Å²) in [4.78, 5) is 47.3. The number of alkyl carbamates (subject to hydrolysis) is 1. The SMILES string of the molecule is CC(=O)OC[C@H]1O[C@H](OC(=N)C(Cl)(Cl)Cl)[C@H](NC(=O)OCC(Cl)(Cl)Cl)[C@@H](OC(C)=O)[C@H]1OC(C)=O. The monoisotopic (exact) mass is 622 g/mol. The average Bonchev–Trinajstić information content (AvgIpc) is 2.67. The van der Waals surface area contributed by atoms with Gasteiger partial charge in [0.05, 0.1) is 0 Å². The third kappa shape index (κ3) is 11.6. The van der Waals surface area contributed by atoms with E-state index in [1.807, 2.05) is 0 Å². The zero-order chi connectivity index (χ0) is 27.1. The van der Waals surface area contributed by atoms with Gasteiger partial charge in [0, 0.05) is 20.8 Å². The smallest absolute Gasteiger partial charge is 0.407 e. The quantitative estimate of drug-likeness (QED) is 0.142. The lowest BCUT2D eigenvalue weighted by molar-refractivity contribution is -0.260. The lowest BCUT2D eigenvalue weighted by Crippen LogP contribution is -2.67. The van der Waals surface area contributed by atoms with Crippen LogP contribution in [0.4, 0.5) is 4.79 Å². The Morgan fingerprint density at radius 1 is 0.857 bits per heavy atom. The number of halogens is 6. The van der Waals surface area contributed by atoms with Gasteiger partial charge in [-0.2, -0.15) is 0 Å². The summed E-state index contributed by atoms with van der Waals surface area (Å²) in [5.74, 6) is -3.39. The molecule has 0 aliphatic carbocycles. The second kappa shape index (κ2) is 13.4. The Morgan fingerprint density at radius 3 is 1.86 bits per heavy atom. The molecule has 0 aromatic carbocycles. The fourth-order valence-corrected chi connectivity index (χ4v) is 2.96. The standard InChI is InChI=1S/C17H20Cl6N2O10/c1-6(26)30-4-9-11(32-7(2)27)12(33-8(3)28)10(25-15(29)31-5-16(18,19)20)13(34-9)35-14(24)17(21,22)23/h9-13,24H,4-5H2,1-3H3,(H,25,29)/t9-,10-,11+,12-,13-/m1/s1. The van der Waals surface area contributed by atoms with Crippen molar-refractivity contribution in [3.63, 3.8) is 0 Å². The normalized spacial score (nSPS) is 24.5. The molecule has 200 valence electrons. The molecule has 0 saturated carbocycles. The summed E-state index contributed by atoms with van der Waals surface area (Å²) in [5.41, 5.74) is 0. The fourth-order valence-electron chi connectivity index (χ4n) is 2.66. The maximum absolute atomic E-state index is 12.4. The van der Waals surface area contributed by atoms with E-state index < -0.39 is 81.3 Å². The molecule has 1 amide bonds. The highest BCUT2D eigenvalue weighted by molar-refractivity contribution is 6.76. The molecule has 0 unspecified atom stereocenters. The lowest BCUT2D eigenvalue weighted by Gasteiger charge is -2.44. The van der Waals surface area contributed by atoms with Gasteiger partial charge >= 0.3 is 24.0 Å². The van der Waals surface area contributed by atoms with Gasteiger partial charge < -0.3 is 33.7 Å². The van der Waals surface area contributed by atoms with E-state index in [-0.39, 0.29) is 0 Å². The van der Waals surface area contributed by atoms with Crippen LogP contribution in [0.3, 0.4) is 0 Å². The molecule has 0 aromatic heterocycles. The Bertz CT molecular complexity index is 818. The number of carbonyl (C=O) groups excluding carboxylic acids is 4. The molecule has 1 aliphatic heterocycles. The van der Waals surface area contributed by atoms with Crippen molar-refractivity contribution in [3.8, 4) is 0 Å². The number of nitrogens with one attached hydrogen (secondary N) is 2. The molecule has 18 heteroatoms. The van der Waals surface area contributed by atoms with Crippen molar-refractivity contribution in [2.24, 2.45) is 0 Å². The zero-order valence-electron chi connectivity index (χ0n) is 18.2. The molecule has 1 aliphatic rings. The van der Waals surface area contributed by atoms with Crippen molar-refractivity contribution in [1.29, 1.82) is 5.41 Å². The summed E-state index contributed by atoms with van der Waals surface area (Å²) in [7, 11) is 0. The van der Waals surface area contributed by atoms with E-state index in [4.69, 9.17) is 103 Å². The van der Waals surface area contributed by atoms with Crippen LogP contribution in [-0.4, -0.2) is 81.3 Å². The number of hydrogen-bond acceptors (Lipinski definition) is 11. The predicted octanol–water partition coefficient (Wildman–Crippen LogP) is 2.97. The molecule has 0 spiro atoms. The molecule has 1 fully saturated rings. The van der Waals surface area contributed by atoms with Gasteiger partial charge in [-0.3, -0.25) is 19.8 Å². The minimum absolute atomic E-state index is 0.517. The zero-order valence-corrected chi connectivity index (χ0v) is 22.7. The number of amides is 1. The van der Waals surface area contributed by atoms with E-state index in [2.05, 4.69) is 5.32 Å². The number of rotatable bonds is 7. The Hall–Kier alpha value is -1.15. The first-order valence-corrected chi connectivity index (χ1v) is 11.6. The van der Waals surface area contributed by atoms with Crippen molar-refractivity contribution in [3.05, 3.63) is 0 Å². The summed E-state index contributed by atoms with van der Waals surface area (Å²) >= 11 is 33.7. The molecule has 1 rings (SSSR count). The van der Waals surface area contributed by atoms with Gasteiger partial charge in [-0.25, -0.2) is 4.79 Å².